The summed E-state index contributed by atoms with van der Waals surface area (Å²) in [7, 11) is 0. The highest BCUT2D eigenvalue weighted by atomic mass is 79.9. The smallest absolute Gasteiger partial charge is 0.0734 e. The summed E-state index contributed by atoms with van der Waals surface area (Å²) in [5.74, 6) is 0. The van der Waals surface area contributed by atoms with Gasteiger partial charge in [-0.25, -0.2) is 4.68 Å². The summed E-state index contributed by atoms with van der Waals surface area (Å²) in [4.78, 5) is 0. The van der Waals surface area contributed by atoms with Crippen LogP contribution in [-0.4, -0.2) is 9.78 Å². The molecule has 2 aromatic rings. The average Bonchev–Trinajstić information content (AvgIpc) is 2.86. The van der Waals surface area contributed by atoms with Gasteiger partial charge in [0.2, 0.25) is 0 Å². The Morgan fingerprint density at radius 2 is 1.94 bits per heavy atom. The molecule has 0 atom stereocenters. The first-order valence-electron chi connectivity index (χ1n) is 6.03. The molecule has 0 aliphatic rings. The third kappa shape index (κ3) is 3.19. The van der Waals surface area contributed by atoms with Crippen molar-refractivity contribution in [1.82, 2.24) is 9.78 Å². The number of aromatic nitrogens is 2. The maximum Gasteiger partial charge on any atom is 0.0734 e. The van der Waals surface area contributed by atoms with Crippen LogP contribution >= 0.6 is 15.9 Å². The molecule has 0 amide bonds. The van der Waals surface area contributed by atoms with Gasteiger partial charge in [-0.15, -0.1) is 0 Å². The van der Waals surface area contributed by atoms with E-state index in [1.54, 1.807) is 0 Å². The van der Waals surface area contributed by atoms with Gasteiger partial charge in [0.15, 0.2) is 0 Å². The van der Waals surface area contributed by atoms with Gasteiger partial charge < -0.3 is 0 Å². The lowest BCUT2D eigenvalue weighted by atomic mass is 10.1. The largest absolute Gasteiger partial charge is 0.241 e. The Kier molecular flexibility index (Phi) is 4.37. The maximum atomic E-state index is 4.46. The summed E-state index contributed by atoms with van der Waals surface area (Å²) in [6, 6.07) is 10.7. The van der Waals surface area contributed by atoms with Crippen LogP contribution in [-0.2, 0) is 11.8 Å². The van der Waals surface area contributed by atoms with Crippen LogP contribution in [0.3, 0.4) is 0 Å². The maximum absolute atomic E-state index is 4.46. The van der Waals surface area contributed by atoms with Gasteiger partial charge in [0, 0.05) is 11.5 Å². The third-order valence-corrected chi connectivity index (χ3v) is 3.38. The first kappa shape index (κ1) is 12.4. The number of alkyl halides is 1. The van der Waals surface area contributed by atoms with E-state index in [9.17, 15) is 0 Å². The van der Waals surface area contributed by atoms with Crippen LogP contribution in [0.4, 0.5) is 0 Å². The highest BCUT2D eigenvalue weighted by Gasteiger charge is 2.00. The standard InChI is InChI=1S/C14H17BrN2/c1-2-3-4-12-5-7-14(8-6-12)17-10-9-13(11-15)16-17/h5-10H,2-4,11H2,1H3. The molecule has 0 fully saturated rings. The zero-order valence-corrected chi connectivity index (χ0v) is 11.7. The van der Waals surface area contributed by atoms with Crippen LogP contribution in [0.15, 0.2) is 36.5 Å². The van der Waals surface area contributed by atoms with Gasteiger partial charge in [-0.2, -0.15) is 5.10 Å². The minimum absolute atomic E-state index is 0.800. The number of hydrogen-bond acceptors (Lipinski definition) is 1. The fraction of sp³-hybridized carbons (Fsp3) is 0.357. The lowest BCUT2D eigenvalue weighted by Gasteiger charge is -2.03. The van der Waals surface area contributed by atoms with Gasteiger partial charge in [0.25, 0.3) is 0 Å². The minimum Gasteiger partial charge on any atom is -0.241 e. The van der Waals surface area contributed by atoms with Crippen molar-refractivity contribution in [2.24, 2.45) is 0 Å². The third-order valence-electron chi connectivity index (χ3n) is 2.80. The summed E-state index contributed by atoms with van der Waals surface area (Å²) >= 11 is 3.41. The van der Waals surface area contributed by atoms with Gasteiger partial charge in [0.05, 0.1) is 11.4 Å². The zero-order valence-electron chi connectivity index (χ0n) is 10.1. The molecule has 90 valence electrons. The van der Waals surface area contributed by atoms with Gasteiger partial charge in [-0.05, 0) is 36.6 Å². The van der Waals surface area contributed by atoms with E-state index in [-0.39, 0.29) is 0 Å². The highest BCUT2D eigenvalue weighted by molar-refractivity contribution is 9.08. The summed E-state index contributed by atoms with van der Waals surface area (Å²) < 4.78 is 1.92. The van der Waals surface area contributed by atoms with E-state index in [2.05, 4.69) is 52.2 Å². The molecule has 0 spiro atoms. The van der Waals surface area contributed by atoms with Crippen LogP contribution in [0, 0.1) is 0 Å². The molecule has 0 radical (unpaired) electrons. The molecule has 0 N–H and O–H groups in total. The normalized spacial score (nSPS) is 10.7. The van der Waals surface area contributed by atoms with E-state index in [1.807, 2.05) is 16.9 Å². The number of nitrogens with zero attached hydrogens (tertiary/aromatic N) is 2. The average molecular weight is 293 g/mol. The van der Waals surface area contributed by atoms with Crippen LogP contribution in [0.2, 0.25) is 0 Å². The topological polar surface area (TPSA) is 17.8 Å². The molecule has 0 unspecified atom stereocenters. The molecule has 2 nitrogen and oxygen atoms in total. The van der Waals surface area contributed by atoms with Gasteiger partial charge in [0.1, 0.15) is 0 Å². The monoisotopic (exact) mass is 292 g/mol. The molecule has 0 saturated heterocycles. The second kappa shape index (κ2) is 6.01. The van der Waals surface area contributed by atoms with E-state index < -0.39 is 0 Å². The fourth-order valence-electron chi connectivity index (χ4n) is 1.77. The first-order valence-corrected chi connectivity index (χ1v) is 7.15. The summed E-state index contributed by atoms with van der Waals surface area (Å²) in [6.45, 7) is 2.22. The quantitative estimate of drug-likeness (QED) is 0.759. The molecule has 0 saturated carbocycles. The number of hydrogen-bond donors (Lipinski definition) is 0. The van der Waals surface area contributed by atoms with Crippen LogP contribution < -0.4 is 0 Å². The Balaban J connectivity index is 2.11. The van der Waals surface area contributed by atoms with Crippen molar-refractivity contribution < 1.29 is 0 Å². The highest BCUT2D eigenvalue weighted by Crippen LogP contribution is 2.12. The second-order valence-electron chi connectivity index (χ2n) is 4.16. The molecule has 3 heteroatoms. The zero-order chi connectivity index (χ0) is 12.1. The SMILES string of the molecule is CCCCc1ccc(-n2ccc(CBr)n2)cc1. The summed E-state index contributed by atoms with van der Waals surface area (Å²) in [6.07, 6.45) is 5.67. The van der Waals surface area contributed by atoms with Crippen molar-refractivity contribution in [3.63, 3.8) is 0 Å². The van der Waals surface area contributed by atoms with Gasteiger partial charge >= 0.3 is 0 Å². The summed E-state index contributed by atoms with van der Waals surface area (Å²) in [5, 5.41) is 5.26. The minimum atomic E-state index is 0.800. The first-order chi connectivity index (χ1) is 8.33. The van der Waals surface area contributed by atoms with E-state index in [1.165, 1.54) is 24.8 Å². The molecule has 1 aromatic heterocycles. The lowest BCUT2D eigenvalue weighted by Crippen LogP contribution is -1.96. The predicted octanol–water partition coefficient (Wildman–Crippen LogP) is 4.11. The van der Waals surface area contributed by atoms with Crippen molar-refractivity contribution in [3.05, 3.63) is 47.8 Å². The van der Waals surface area contributed by atoms with Crippen molar-refractivity contribution in [1.29, 1.82) is 0 Å². The van der Waals surface area contributed by atoms with Crippen molar-refractivity contribution in [3.8, 4) is 5.69 Å². The molecule has 2 rings (SSSR count). The van der Waals surface area contributed by atoms with Crippen molar-refractivity contribution in [2.75, 3.05) is 0 Å². The van der Waals surface area contributed by atoms with Crippen molar-refractivity contribution >= 4 is 15.9 Å². The molecular weight excluding hydrogens is 276 g/mol. The Bertz CT molecular complexity index is 459. The number of rotatable bonds is 5. The van der Waals surface area contributed by atoms with E-state index >= 15 is 0 Å². The molecule has 17 heavy (non-hydrogen) atoms. The number of halogens is 1. The molecule has 1 heterocycles. The Hall–Kier alpha value is -1.09. The fourth-order valence-corrected chi connectivity index (χ4v) is 2.07. The molecule has 0 aliphatic heterocycles. The van der Waals surface area contributed by atoms with Gasteiger partial charge in [-0.3, -0.25) is 0 Å². The van der Waals surface area contributed by atoms with E-state index in [0.717, 1.165) is 16.7 Å². The van der Waals surface area contributed by atoms with E-state index in [0.29, 0.717) is 0 Å². The second-order valence-corrected chi connectivity index (χ2v) is 4.72. The van der Waals surface area contributed by atoms with Crippen LogP contribution in [0.25, 0.3) is 5.69 Å². The van der Waals surface area contributed by atoms with E-state index in [4.69, 9.17) is 0 Å². The van der Waals surface area contributed by atoms with Gasteiger partial charge in [-0.1, -0.05) is 41.4 Å². The number of benzene rings is 1. The Morgan fingerprint density at radius 3 is 2.53 bits per heavy atom. The molecule has 1 aromatic carbocycles. The number of aryl methyl sites for hydroxylation is 1. The molecule has 0 aliphatic carbocycles. The lowest BCUT2D eigenvalue weighted by molar-refractivity contribution is 0.793. The summed E-state index contributed by atoms with van der Waals surface area (Å²) in [5.41, 5.74) is 3.58. The number of unbranched alkanes of at least 4 members (excludes halogenated alkanes) is 1. The Labute approximate surface area is 111 Å². The van der Waals surface area contributed by atoms with Crippen LogP contribution in [0.5, 0.6) is 0 Å². The molecular formula is C14H17BrN2. The van der Waals surface area contributed by atoms with Crippen LogP contribution in [0.1, 0.15) is 31.0 Å². The Morgan fingerprint density at radius 1 is 1.18 bits per heavy atom. The predicted molar refractivity (Wildman–Crippen MR) is 74.8 cm³/mol. The van der Waals surface area contributed by atoms with Crippen molar-refractivity contribution in [2.45, 2.75) is 31.5 Å². The molecule has 0 bridgehead atoms.